The Hall–Kier alpha value is -3.89. The normalized spacial score (nSPS) is 17.8. The Morgan fingerprint density at radius 3 is 2.36 bits per heavy atom. The number of rotatable bonds is 7. The number of hydrogen-bond donors (Lipinski definition) is 2. The number of benzene rings is 2. The van der Waals surface area contributed by atoms with Gasteiger partial charge in [0.15, 0.2) is 0 Å². The van der Waals surface area contributed by atoms with E-state index in [-0.39, 0.29) is 12.5 Å². The minimum atomic E-state index is -0.948. The van der Waals surface area contributed by atoms with E-state index in [1.54, 1.807) is 57.4 Å². The molecule has 10 heteroatoms. The van der Waals surface area contributed by atoms with Crippen LogP contribution in [0.1, 0.15) is 48.9 Å². The van der Waals surface area contributed by atoms with Gasteiger partial charge in [0.2, 0.25) is 5.91 Å². The topological polar surface area (TPSA) is 124 Å². The van der Waals surface area contributed by atoms with Crippen LogP contribution in [0.2, 0.25) is 0 Å². The zero-order valence-corrected chi connectivity index (χ0v) is 22.9. The quantitative estimate of drug-likeness (QED) is 0.403. The number of ether oxygens (including phenoxy) is 2. The number of nitrogens with one attached hydrogen (secondary N) is 1. The van der Waals surface area contributed by atoms with Gasteiger partial charge in [-0.2, -0.15) is 0 Å². The molecule has 2 amide bonds. The van der Waals surface area contributed by atoms with E-state index in [2.05, 4.69) is 10.3 Å². The van der Waals surface area contributed by atoms with Crippen LogP contribution in [0.3, 0.4) is 0 Å². The van der Waals surface area contributed by atoms with Gasteiger partial charge in [-0.05, 0) is 61.7 Å². The summed E-state index contributed by atoms with van der Waals surface area (Å²) in [6.45, 7) is 5.42. The first-order valence-electron chi connectivity index (χ1n) is 12.5. The molecule has 1 saturated heterocycles. The Morgan fingerprint density at radius 2 is 1.72 bits per heavy atom. The van der Waals surface area contributed by atoms with Crippen LogP contribution in [0, 0.1) is 0 Å². The van der Waals surface area contributed by atoms with Crippen LogP contribution in [0.25, 0.3) is 0 Å². The summed E-state index contributed by atoms with van der Waals surface area (Å²) >= 11 is 1.48. The van der Waals surface area contributed by atoms with Crippen LogP contribution in [-0.4, -0.2) is 45.2 Å². The summed E-state index contributed by atoms with van der Waals surface area (Å²) in [6, 6.07) is 18.0. The molecule has 1 aromatic heterocycles. The number of thioether (sulfide) groups is 1. The molecular weight excluding hydrogens is 516 g/mol. The van der Waals surface area contributed by atoms with E-state index in [4.69, 9.17) is 15.2 Å². The Balaban J connectivity index is 1.46. The van der Waals surface area contributed by atoms with Gasteiger partial charge in [-0.3, -0.25) is 14.7 Å². The van der Waals surface area contributed by atoms with E-state index >= 15 is 0 Å². The predicted octanol–water partition coefficient (Wildman–Crippen LogP) is 4.81. The molecule has 3 atom stereocenters. The molecule has 3 N–H and O–H groups in total. The van der Waals surface area contributed by atoms with Crippen LogP contribution >= 0.6 is 11.8 Å². The first-order valence-corrected chi connectivity index (χ1v) is 13.6. The summed E-state index contributed by atoms with van der Waals surface area (Å²) in [4.78, 5) is 44.5. The van der Waals surface area contributed by atoms with Crippen molar-refractivity contribution < 1.29 is 23.9 Å². The second-order valence-electron chi connectivity index (χ2n) is 10.1. The molecule has 0 radical (unpaired) electrons. The SMILES string of the molecule is CC(C)(C)OC(=O)C(N)c1ccc(NC(=O)C2CSC(c3ccncc3)N2C(=O)OCc2ccccc2)cc1. The lowest BCUT2D eigenvalue weighted by molar-refractivity contribution is -0.156. The highest BCUT2D eigenvalue weighted by Gasteiger charge is 2.43. The molecule has 39 heavy (non-hydrogen) atoms. The molecule has 1 fully saturated rings. The van der Waals surface area contributed by atoms with Crippen molar-refractivity contribution in [3.8, 4) is 0 Å². The molecule has 204 valence electrons. The second-order valence-corrected chi connectivity index (χ2v) is 11.2. The average molecular weight is 549 g/mol. The fourth-order valence-corrected chi connectivity index (χ4v) is 5.43. The number of hydrogen-bond acceptors (Lipinski definition) is 8. The van der Waals surface area contributed by atoms with Crippen molar-refractivity contribution in [1.29, 1.82) is 0 Å². The van der Waals surface area contributed by atoms with E-state index in [0.717, 1.165) is 11.1 Å². The van der Waals surface area contributed by atoms with Gasteiger partial charge < -0.3 is 20.5 Å². The average Bonchev–Trinajstić information content (AvgIpc) is 3.37. The van der Waals surface area contributed by atoms with Crippen LogP contribution in [0.4, 0.5) is 10.5 Å². The van der Waals surface area contributed by atoms with Gasteiger partial charge in [-0.25, -0.2) is 9.59 Å². The Kier molecular flexibility index (Phi) is 8.88. The highest BCUT2D eigenvalue weighted by Crippen LogP contribution is 2.42. The molecule has 0 bridgehead atoms. The predicted molar refractivity (Wildman–Crippen MR) is 150 cm³/mol. The minimum absolute atomic E-state index is 0.0949. The lowest BCUT2D eigenvalue weighted by atomic mass is 10.1. The van der Waals surface area contributed by atoms with E-state index in [1.807, 2.05) is 42.5 Å². The molecule has 4 rings (SSSR count). The second kappa shape index (κ2) is 12.3. The number of aromatic nitrogens is 1. The van der Waals surface area contributed by atoms with E-state index in [0.29, 0.717) is 17.0 Å². The monoisotopic (exact) mass is 548 g/mol. The smallest absolute Gasteiger partial charge is 0.412 e. The Labute approximate surface area is 232 Å². The van der Waals surface area contributed by atoms with Crippen molar-refractivity contribution in [3.63, 3.8) is 0 Å². The standard InChI is InChI=1S/C29H32N4O5S/c1-29(2,3)38-27(35)24(30)20-9-11-22(12-10-20)32-25(34)23-18-39-26(21-13-15-31-16-14-21)33(23)28(36)37-17-19-7-5-4-6-8-19/h4-16,23-24,26H,17-18,30H2,1-3H3,(H,32,34). The molecule has 3 unspecified atom stereocenters. The van der Waals surface area contributed by atoms with Gasteiger partial charge in [0, 0.05) is 23.8 Å². The third-order valence-corrected chi connectivity index (χ3v) is 7.23. The van der Waals surface area contributed by atoms with Gasteiger partial charge in [0.05, 0.1) is 0 Å². The minimum Gasteiger partial charge on any atom is -0.459 e. The summed E-state index contributed by atoms with van der Waals surface area (Å²) in [5.74, 6) is -0.491. The first kappa shape index (κ1) is 28.1. The molecule has 0 spiro atoms. The summed E-state index contributed by atoms with van der Waals surface area (Å²) in [6.07, 6.45) is 2.73. The number of anilines is 1. The van der Waals surface area contributed by atoms with Crippen LogP contribution in [0.5, 0.6) is 0 Å². The fourth-order valence-electron chi connectivity index (χ4n) is 4.01. The first-order chi connectivity index (χ1) is 18.6. The van der Waals surface area contributed by atoms with Gasteiger partial charge in [-0.15, -0.1) is 11.8 Å². The zero-order chi connectivity index (χ0) is 28.0. The highest BCUT2D eigenvalue weighted by atomic mass is 32.2. The van der Waals surface area contributed by atoms with Crippen molar-refractivity contribution in [3.05, 3.63) is 95.8 Å². The largest absolute Gasteiger partial charge is 0.459 e. The zero-order valence-electron chi connectivity index (χ0n) is 22.1. The Morgan fingerprint density at radius 1 is 1.05 bits per heavy atom. The molecule has 2 aromatic carbocycles. The maximum absolute atomic E-state index is 13.4. The summed E-state index contributed by atoms with van der Waals surface area (Å²) in [5.41, 5.74) is 8.18. The van der Waals surface area contributed by atoms with E-state index in [1.165, 1.54) is 16.7 Å². The van der Waals surface area contributed by atoms with Crippen molar-refractivity contribution in [2.24, 2.45) is 5.73 Å². The maximum atomic E-state index is 13.4. The maximum Gasteiger partial charge on any atom is 0.412 e. The van der Waals surface area contributed by atoms with Crippen molar-refractivity contribution in [2.45, 2.75) is 50.4 Å². The number of amides is 2. The number of nitrogens with zero attached hydrogens (tertiary/aromatic N) is 2. The van der Waals surface area contributed by atoms with E-state index in [9.17, 15) is 14.4 Å². The van der Waals surface area contributed by atoms with Gasteiger partial charge in [-0.1, -0.05) is 42.5 Å². The van der Waals surface area contributed by atoms with Crippen molar-refractivity contribution in [2.75, 3.05) is 11.1 Å². The number of carbonyl (C=O) groups is 3. The van der Waals surface area contributed by atoms with Gasteiger partial charge in [0.1, 0.15) is 29.7 Å². The molecule has 2 heterocycles. The van der Waals surface area contributed by atoms with Crippen molar-refractivity contribution >= 4 is 35.4 Å². The summed E-state index contributed by atoms with van der Waals surface area (Å²) in [5, 5.41) is 2.48. The number of carbonyl (C=O) groups excluding carboxylic acids is 3. The van der Waals surface area contributed by atoms with Crippen molar-refractivity contribution in [1.82, 2.24) is 9.88 Å². The van der Waals surface area contributed by atoms with E-state index < -0.39 is 35.1 Å². The molecule has 0 saturated carbocycles. The number of nitrogens with two attached hydrogens (primary N) is 1. The van der Waals surface area contributed by atoms with Gasteiger partial charge >= 0.3 is 12.1 Å². The summed E-state index contributed by atoms with van der Waals surface area (Å²) < 4.78 is 11.0. The highest BCUT2D eigenvalue weighted by molar-refractivity contribution is 7.99. The lowest BCUT2D eigenvalue weighted by Gasteiger charge is -2.28. The molecule has 1 aliphatic rings. The fraction of sp³-hybridized carbons (Fsp3) is 0.310. The molecule has 3 aromatic rings. The Bertz CT molecular complexity index is 1280. The third-order valence-electron chi connectivity index (χ3n) is 5.91. The van der Waals surface area contributed by atoms with Gasteiger partial charge in [0.25, 0.3) is 0 Å². The molecular formula is C29H32N4O5S. The molecule has 9 nitrogen and oxygen atoms in total. The molecule has 1 aliphatic heterocycles. The van der Waals surface area contributed by atoms with Crippen LogP contribution < -0.4 is 11.1 Å². The number of esters is 1. The van der Waals surface area contributed by atoms with Crippen LogP contribution in [-0.2, 0) is 25.7 Å². The summed E-state index contributed by atoms with van der Waals surface area (Å²) in [7, 11) is 0. The number of pyridine rings is 1. The van der Waals surface area contributed by atoms with Crippen LogP contribution in [0.15, 0.2) is 79.1 Å². The third kappa shape index (κ3) is 7.36. The lowest BCUT2D eigenvalue weighted by Crippen LogP contribution is -2.45. The molecule has 0 aliphatic carbocycles.